The summed E-state index contributed by atoms with van der Waals surface area (Å²) < 4.78 is 0. The van der Waals surface area contributed by atoms with Crippen molar-refractivity contribution in [2.75, 3.05) is 0 Å². The van der Waals surface area contributed by atoms with Crippen molar-refractivity contribution in [1.82, 2.24) is 0 Å². The fourth-order valence-electron chi connectivity index (χ4n) is 0. The largest absolute Gasteiger partial charge is 2.00 e. The van der Waals surface area contributed by atoms with E-state index in [1.807, 2.05) is 0 Å². The molecule has 0 aliphatic carbocycles. The molecule has 0 nitrogen and oxygen atoms in total. The number of rotatable bonds is 0. The van der Waals surface area contributed by atoms with Crippen LogP contribution in [0.5, 0.6) is 0 Å². The second-order valence-electron chi connectivity index (χ2n) is 0. The Kier molecular flexibility index (Phi) is 162. The molecular formula is CH4Br2Ca. The van der Waals surface area contributed by atoms with Crippen LogP contribution in [-0.4, -0.2) is 37.7 Å². The van der Waals surface area contributed by atoms with E-state index in [0.29, 0.717) is 0 Å². The Balaban J connectivity index is 0. The topological polar surface area (TPSA) is 0 Å². The molecule has 0 amide bonds. The van der Waals surface area contributed by atoms with Gasteiger partial charge in [0.05, 0.1) is 0 Å². The van der Waals surface area contributed by atoms with Gasteiger partial charge in [-0.3, -0.25) is 0 Å². The van der Waals surface area contributed by atoms with Crippen LogP contribution in [0.15, 0.2) is 0 Å². The summed E-state index contributed by atoms with van der Waals surface area (Å²) in [7, 11) is 0. The minimum atomic E-state index is 0. The molecule has 0 aromatic carbocycles. The minimum absolute atomic E-state index is 0. The van der Waals surface area contributed by atoms with E-state index in [2.05, 4.69) is 0 Å². The van der Waals surface area contributed by atoms with Gasteiger partial charge in [0, 0.05) is 0 Å². The van der Waals surface area contributed by atoms with Gasteiger partial charge in [-0.1, -0.05) is 7.43 Å². The molecule has 0 atom stereocenters. The van der Waals surface area contributed by atoms with Crippen LogP contribution in [0.25, 0.3) is 0 Å². The summed E-state index contributed by atoms with van der Waals surface area (Å²) >= 11 is 0. The van der Waals surface area contributed by atoms with Gasteiger partial charge in [0.1, 0.15) is 0 Å². The van der Waals surface area contributed by atoms with Crippen LogP contribution in [0.2, 0.25) is 0 Å². The van der Waals surface area contributed by atoms with Gasteiger partial charge in [-0.25, -0.2) is 0 Å². The van der Waals surface area contributed by atoms with Crippen molar-refractivity contribution in [2.24, 2.45) is 0 Å². The number of halogens is 2. The Labute approximate surface area is 77.9 Å². The fourth-order valence-corrected chi connectivity index (χ4v) is 0. The zero-order valence-electron chi connectivity index (χ0n) is 1.46. The molecule has 0 aromatic rings. The third kappa shape index (κ3) is 8.88. The van der Waals surface area contributed by atoms with Crippen molar-refractivity contribution in [3.63, 3.8) is 0 Å². The monoisotopic (exact) mass is 214 g/mol. The van der Waals surface area contributed by atoms with Gasteiger partial charge in [-0.05, 0) is 0 Å². The van der Waals surface area contributed by atoms with Gasteiger partial charge in [-0.2, -0.15) is 0 Å². The number of hydrogen-bond donors (Lipinski definition) is 0. The molecule has 0 N–H and O–H groups in total. The Morgan fingerprint density at radius 1 is 0.750 bits per heavy atom. The first-order valence-electron chi connectivity index (χ1n) is 0. The first kappa shape index (κ1) is 34.4. The maximum absolute atomic E-state index is 0. The average molecular weight is 216 g/mol. The first-order chi connectivity index (χ1) is 0. The van der Waals surface area contributed by atoms with E-state index in [-0.39, 0.29) is 79.1 Å². The average Bonchev–Trinajstić information content (AvgIpc) is 0. The summed E-state index contributed by atoms with van der Waals surface area (Å²) in [6.07, 6.45) is 0. The van der Waals surface area contributed by atoms with E-state index in [9.17, 15) is 0 Å². The Morgan fingerprint density at radius 3 is 0.750 bits per heavy atom. The van der Waals surface area contributed by atoms with Crippen molar-refractivity contribution < 1.29 is 34.0 Å². The van der Waals surface area contributed by atoms with Crippen LogP contribution in [0.1, 0.15) is 7.43 Å². The van der Waals surface area contributed by atoms with Crippen LogP contribution in [0.4, 0.5) is 0 Å². The van der Waals surface area contributed by atoms with Gasteiger partial charge >= 0.3 is 37.7 Å². The molecule has 4 heavy (non-hydrogen) atoms. The van der Waals surface area contributed by atoms with Crippen molar-refractivity contribution >= 4 is 37.7 Å². The minimum Gasteiger partial charge on any atom is -1.00 e. The zero-order valence-corrected chi connectivity index (χ0v) is 6.84. The van der Waals surface area contributed by atoms with Gasteiger partial charge in [0.15, 0.2) is 0 Å². The third-order valence-corrected chi connectivity index (χ3v) is 0. The Hall–Kier alpha value is 2.22. The van der Waals surface area contributed by atoms with E-state index >= 15 is 0 Å². The summed E-state index contributed by atoms with van der Waals surface area (Å²) in [6, 6.07) is 0. The second kappa shape index (κ2) is 18.9. The van der Waals surface area contributed by atoms with Crippen LogP contribution >= 0.6 is 0 Å². The molecule has 0 radical (unpaired) electrons. The van der Waals surface area contributed by atoms with Crippen LogP contribution in [-0.2, 0) is 0 Å². The zero-order chi connectivity index (χ0) is 0. The van der Waals surface area contributed by atoms with E-state index in [1.54, 1.807) is 0 Å². The van der Waals surface area contributed by atoms with Crippen LogP contribution in [0, 0.1) is 0 Å². The summed E-state index contributed by atoms with van der Waals surface area (Å²) in [6.45, 7) is 0. The molecule has 0 fully saturated rings. The summed E-state index contributed by atoms with van der Waals surface area (Å²) in [5.74, 6) is 0. The van der Waals surface area contributed by atoms with Crippen LogP contribution in [0.3, 0.4) is 0 Å². The van der Waals surface area contributed by atoms with Gasteiger partial charge < -0.3 is 34.0 Å². The third-order valence-electron chi connectivity index (χ3n) is 0. The Morgan fingerprint density at radius 2 is 0.750 bits per heavy atom. The molecule has 0 heterocycles. The van der Waals surface area contributed by atoms with Gasteiger partial charge in [0.2, 0.25) is 0 Å². The molecule has 0 aliphatic heterocycles. The SMILES string of the molecule is C.[Br-].[Br-].[Ca+2]. The summed E-state index contributed by atoms with van der Waals surface area (Å²) in [4.78, 5) is 0. The Bertz CT molecular complexity index is 6.00. The van der Waals surface area contributed by atoms with E-state index < -0.39 is 0 Å². The van der Waals surface area contributed by atoms with Crippen molar-refractivity contribution in [1.29, 1.82) is 0 Å². The molecule has 0 saturated heterocycles. The van der Waals surface area contributed by atoms with E-state index in [4.69, 9.17) is 0 Å². The molecule has 24 valence electrons. The molecule has 0 aromatic heterocycles. The molecule has 0 rings (SSSR count). The predicted octanol–water partition coefficient (Wildman–Crippen LogP) is -5.74. The summed E-state index contributed by atoms with van der Waals surface area (Å²) in [5.41, 5.74) is 0. The van der Waals surface area contributed by atoms with Crippen LogP contribution < -0.4 is 34.0 Å². The van der Waals surface area contributed by atoms with Crippen molar-refractivity contribution in [2.45, 2.75) is 7.43 Å². The quantitative estimate of drug-likeness (QED) is 0.354. The smallest absolute Gasteiger partial charge is 1.00 e. The van der Waals surface area contributed by atoms with Crippen molar-refractivity contribution in [3.05, 3.63) is 0 Å². The molecule has 0 spiro atoms. The van der Waals surface area contributed by atoms with Crippen molar-refractivity contribution in [3.8, 4) is 0 Å². The van der Waals surface area contributed by atoms with E-state index in [0.717, 1.165) is 0 Å². The molecular weight excluding hydrogens is 212 g/mol. The second-order valence-corrected chi connectivity index (χ2v) is 0. The molecule has 3 heteroatoms. The predicted molar refractivity (Wildman–Crippen MR) is 12.5 cm³/mol. The normalized spacial score (nSPS) is 0. The van der Waals surface area contributed by atoms with E-state index in [1.165, 1.54) is 0 Å². The molecule has 0 unspecified atom stereocenters. The maximum Gasteiger partial charge on any atom is 2.00 e. The van der Waals surface area contributed by atoms with Gasteiger partial charge in [-0.15, -0.1) is 0 Å². The number of hydrogen-bond acceptors (Lipinski definition) is 0. The first-order valence-corrected chi connectivity index (χ1v) is 0. The van der Waals surface area contributed by atoms with Gasteiger partial charge in [0.25, 0.3) is 0 Å². The molecule has 0 bridgehead atoms. The standard InChI is InChI=1S/CH4.2BrH.Ca/h1H4;2*1H;/q;;;+2/p-2. The summed E-state index contributed by atoms with van der Waals surface area (Å²) in [5, 5.41) is 0. The molecule has 0 saturated carbocycles. The maximum atomic E-state index is 0. The fraction of sp³-hybridized carbons (Fsp3) is 1.00. The molecule has 0 aliphatic rings.